The van der Waals surface area contributed by atoms with Gasteiger partial charge in [-0.25, -0.2) is 9.55 Å². The van der Waals surface area contributed by atoms with E-state index in [0.29, 0.717) is 12.0 Å². The van der Waals surface area contributed by atoms with E-state index in [9.17, 15) is 0 Å². The summed E-state index contributed by atoms with van der Waals surface area (Å²) in [6.07, 6.45) is 50.2. The molecule has 2 unspecified atom stereocenters. The third-order valence-corrected chi connectivity index (χ3v) is 10.1. The molecule has 0 spiro atoms. The molecule has 43 heavy (non-hydrogen) atoms. The maximum absolute atomic E-state index is 3.74. The minimum Gasteiger partial charge on any atom is -0.247 e. The molecule has 0 aliphatic carbocycles. The van der Waals surface area contributed by atoms with Gasteiger partial charge in [0.2, 0.25) is 0 Å². The molecule has 1 heterocycles. The van der Waals surface area contributed by atoms with Gasteiger partial charge >= 0.3 is 0 Å². The molecule has 0 fully saturated rings. The van der Waals surface area contributed by atoms with Crippen molar-refractivity contribution in [2.24, 2.45) is 0 Å². The van der Waals surface area contributed by atoms with E-state index in [2.05, 4.69) is 49.6 Å². The van der Waals surface area contributed by atoms with Crippen molar-refractivity contribution in [2.45, 2.75) is 245 Å². The lowest BCUT2D eigenvalue weighted by atomic mass is 9.92. The Morgan fingerprint density at radius 2 is 0.744 bits per heavy atom. The number of nitrogens with zero attached hydrogens (tertiary/aromatic N) is 1. The van der Waals surface area contributed by atoms with Crippen LogP contribution in [0.5, 0.6) is 0 Å². The fourth-order valence-electron chi connectivity index (χ4n) is 7.13. The van der Waals surface area contributed by atoms with E-state index in [-0.39, 0.29) is 0 Å². The van der Waals surface area contributed by atoms with Gasteiger partial charge in [-0.05, 0) is 32.6 Å². The second kappa shape index (κ2) is 31.2. The van der Waals surface area contributed by atoms with E-state index < -0.39 is 0 Å². The fraction of sp³-hybridized carbons (Fsp3) is 0.927. The predicted octanol–water partition coefficient (Wildman–Crippen LogP) is 14.5. The number of hydrogen-bond donors (Lipinski definition) is 1. The highest BCUT2D eigenvalue weighted by Gasteiger charge is 2.25. The first-order valence-electron chi connectivity index (χ1n) is 20.3. The van der Waals surface area contributed by atoms with Crippen LogP contribution in [0.3, 0.4) is 0 Å². The molecule has 0 aliphatic heterocycles. The summed E-state index contributed by atoms with van der Waals surface area (Å²) in [6.45, 7) is 9.40. The third kappa shape index (κ3) is 23.2. The molecule has 254 valence electrons. The minimum atomic E-state index is 0.620. The number of imidazole rings is 1. The highest BCUT2D eigenvalue weighted by Crippen LogP contribution is 2.27. The summed E-state index contributed by atoms with van der Waals surface area (Å²) in [7, 11) is 0. The first kappa shape index (κ1) is 40.2. The van der Waals surface area contributed by atoms with Crippen LogP contribution in [-0.2, 0) is 0 Å². The van der Waals surface area contributed by atoms with Gasteiger partial charge in [0.1, 0.15) is 12.4 Å². The Labute approximate surface area is 272 Å². The molecule has 2 nitrogen and oxygen atoms in total. The second-order valence-corrected chi connectivity index (χ2v) is 14.4. The van der Waals surface area contributed by atoms with Crippen molar-refractivity contribution in [3.63, 3.8) is 0 Å². The van der Waals surface area contributed by atoms with Crippen LogP contribution in [0.15, 0.2) is 12.4 Å². The number of nitrogens with one attached hydrogen (secondary N) is 1. The van der Waals surface area contributed by atoms with Gasteiger partial charge in [-0.3, -0.25) is 0 Å². The molecular formula is C41H81N2+. The van der Waals surface area contributed by atoms with Crippen molar-refractivity contribution < 1.29 is 4.57 Å². The van der Waals surface area contributed by atoms with Crippen molar-refractivity contribution >= 4 is 0 Å². The lowest BCUT2D eigenvalue weighted by Crippen LogP contribution is -2.41. The van der Waals surface area contributed by atoms with Gasteiger partial charge in [0.05, 0.1) is 12.0 Å². The van der Waals surface area contributed by atoms with Crippen LogP contribution in [0.25, 0.3) is 0 Å². The molecule has 0 aliphatic rings. The monoisotopic (exact) mass is 602 g/mol. The van der Waals surface area contributed by atoms with E-state index in [4.69, 9.17) is 0 Å². The van der Waals surface area contributed by atoms with Crippen molar-refractivity contribution in [1.29, 1.82) is 0 Å². The Morgan fingerprint density at radius 1 is 0.442 bits per heavy atom. The Kier molecular flexibility index (Phi) is 29.2. The number of aromatic amines is 1. The van der Waals surface area contributed by atoms with E-state index in [1.54, 1.807) is 0 Å². The van der Waals surface area contributed by atoms with Gasteiger partial charge in [-0.15, -0.1) is 0 Å². The lowest BCUT2D eigenvalue weighted by molar-refractivity contribution is -0.727. The Morgan fingerprint density at radius 3 is 1.12 bits per heavy atom. The zero-order valence-corrected chi connectivity index (χ0v) is 30.4. The minimum absolute atomic E-state index is 0.620. The standard InChI is InChI=1S/C41H80N2/c1-5-8-11-14-16-18-20-21-22-23-24-26-28-30-33-36-40(35-32-29-27-25-19-17-15-12-9-6-2)41-42-37-38-43(41)39(4)34-31-13-10-7-3/h37-40H,5-36H2,1-4H3/p+1. The predicted molar refractivity (Wildman–Crippen MR) is 193 cm³/mol. The molecular weight excluding hydrogens is 520 g/mol. The zero-order valence-electron chi connectivity index (χ0n) is 30.4. The molecule has 1 N–H and O–H groups in total. The molecule has 0 radical (unpaired) electrons. The van der Waals surface area contributed by atoms with Crippen molar-refractivity contribution in [1.82, 2.24) is 4.98 Å². The average molecular weight is 602 g/mol. The van der Waals surface area contributed by atoms with Gasteiger partial charge in [0.25, 0.3) is 5.82 Å². The van der Waals surface area contributed by atoms with Gasteiger partial charge in [0.15, 0.2) is 0 Å². The highest BCUT2D eigenvalue weighted by molar-refractivity contribution is 4.90. The van der Waals surface area contributed by atoms with Crippen LogP contribution in [-0.4, -0.2) is 4.98 Å². The highest BCUT2D eigenvalue weighted by atomic mass is 15.1. The molecule has 2 atom stereocenters. The SMILES string of the molecule is CCCCCCCCCCCCCCCCCC(CCCCCCCCCCCC)c1[nH]cc[n+]1C(C)CCCCCC. The van der Waals surface area contributed by atoms with Crippen LogP contribution in [0, 0.1) is 0 Å². The summed E-state index contributed by atoms with van der Waals surface area (Å²) in [6, 6.07) is 0.620. The number of hydrogen-bond acceptors (Lipinski definition) is 0. The van der Waals surface area contributed by atoms with E-state index in [1.807, 2.05) is 0 Å². The lowest BCUT2D eigenvalue weighted by Gasteiger charge is -2.17. The number of rotatable bonds is 34. The number of H-pyrrole nitrogens is 1. The van der Waals surface area contributed by atoms with Crippen LogP contribution < -0.4 is 4.57 Å². The zero-order chi connectivity index (χ0) is 31.1. The topological polar surface area (TPSA) is 19.7 Å². The molecule has 1 aromatic heterocycles. The van der Waals surface area contributed by atoms with Crippen LogP contribution in [0.2, 0.25) is 0 Å². The summed E-state index contributed by atoms with van der Waals surface area (Å²) in [5, 5.41) is 0. The first-order valence-corrected chi connectivity index (χ1v) is 20.3. The smallest absolute Gasteiger partial charge is 0.247 e. The van der Waals surface area contributed by atoms with E-state index in [0.717, 1.165) is 0 Å². The normalized spacial score (nSPS) is 13.1. The molecule has 0 amide bonds. The molecule has 0 saturated heterocycles. The van der Waals surface area contributed by atoms with Gasteiger partial charge in [-0.2, -0.15) is 0 Å². The van der Waals surface area contributed by atoms with Crippen molar-refractivity contribution in [2.75, 3.05) is 0 Å². The van der Waals surface area contributed by atoms with Gasteiger partial charge in [-0.1, -0.05) is 201 Å². The van der Waals surface area contributed by atoms with E-state index >= 15 is 0 Å². The van der Waals surface area contributed by atoms with Gasteiger partial charge < -0.3 is 0 Å². The Bertz CT molecular complexity index is 664. The maximum atomic E-state index is 3.74. The molecule has 2 heteroatoms. The summed E-state index contributed by atoms with van der Waals surface area (Å²) < 4.78 is 2.62. The van der Waals surface area contributed by atoms with Crippen molar-refractivity contribution in [3.8, 4) is 0 Å². The molecule has 0 aromatic carbocycles. The number of aromatic nitrogens is 2. The number of unbranched alkanes of at least 4 members (excludes halogenated alkanes) is 26. The van der Waals surface area contributed by atoms with Crippen LogP contribution >= 0.6 is 0 Å². The van der Waals surface area contributed by atoms with Crippen LogP contribution in [0.1, 0.15) is 251 Å². The Balaban J connectivity index is 2.33. The summed E-state index contributed by atoms with van der Waals surface area (Å²) in [5.41, 5.74) is 0. The fourth-order valence-corrected chi connectivity index (χ4v) is 7.13. The van der Waals surface area contributed by atoms with Gasteiger partial charge in [0, 0.05) is 0 Å². The molecule has 0 bridgehead atoms. The average Bonchev–Trinajstić information content (AvgIpc) is 3.51. The van der Waals surface area contributed by atoms with Crippen molar-refractivity contribution in [3.05, 3.63) is 18.2 Å². The maximum Gasteiger partial charge on any atom is 0.257 e. The first-order chi connectivity index (χ1) is 21.2. The summed E-state index contributed by atoms with van der Waals surface area (Å²) >= 11 is 0. The molecule has 1 aromatic rings. The summed E-state index contributed by atoms with van der Waals surface area (Å²) in [4.78, 5) is 3.74. The van der Waals surface area contributed by atoms with Crippen LogP contribution in [0.4, 0.5) is 0 Å². The third-order valence-electron chi connectivity index (χ3n) is 10.1. The second-order valence-electron chi connectivity index (χ2n) is 14.4. The summed E-state index contributed by atoms with van der Waals surface area (Å²) in [5.74, 6) is 2.24. The Hall–Kier alpha value is -0.790. The molecule has 1 rings (SSSR count). The van der Waals surface area contributed by atoms with E-state index in [1.165, 1.54) is 211 Å². The largest absolute Gasteiger partial charge is 0.257 e. The quantitative estimate of drug-likeness (QED) is 0.0599. The molecule has 0 saturated carbocycles.